The number of oxazole rings is 1. The Labute approximate surface area is 194 Å². The highest BCUT2D eigenvalue weighted by Crippen LogP contribution is 2.30. The molecule has 3 aromatic rings. The molecular formula is C24H29N3O5S. The normalized spacial score (nSPS) is 11.8. The van der Waals surface area contributed by atoms with E-state index in [1.807, 2.05) is 20.2 Å². The Morgan fingerprint density at radius 3 is 2.42 bits per heavy atom. The van der Waals surface area contributed by atoms with E-state index in [9.17, 15) is 8.42 Å². The summed E-state index contributed by atoms with van der Waals surface area (Å²) in [6, 6.07) is 13.6. The quantitative estimate of drug-likeness (QED) is 0.419. The standard InChI is InChI=1S/C24H29N3O5S/c1-27(2)16-8-15-25-23-24(33(28,29)19-9-6-5-7-10-19)26-22(32-23)14-12-18-11-13-20(30-3)21(17-18)31-4/h5-7,9-14,17,25H,8,15-16H2,1-4H3. The van der Waals surface area contributed by atoms with Gasteiger partial charge in [0.2, 0.25) is 26.6 Å². The van der Waals surface area contributed by atoms with Crippen molar-refractivity contribution in [3.63, 3.8) is 0 Å². The molecule has 0 saturated heterocycles. The second-order valence-corrected chi connectivity index (χ2v) is 9.40. The minimum atomic E-state index is -3.85. The van der Waals surface area contributed by atoms with Crippen LogP contribution in [0.1, 0.15) is 17.9 Å². The topological polar surface area (TPSA) is 93.9 Å². The Bertz CT molecular complexity index is 1190. The fourth-order valence-corrected chi connectivity index (χ4v) is 4.43. The Morgan fingerprint density at radius 2 is 1.76 bits per heavy atom. The summed E-state index contributed by atoms with van der Waals surface area (Å²) in [6.07, 6.45) is 4.20. The first-order valence-corrected chi connectivity index (χ1v) is 11.9. The number of nitrogens with one attached hydrogen (secondary N) is 1. The van der Waals surface area contributed by atoms with E-state index in [1.54, 1.807) is 68.8 Å². The summed E-state index contributed by atoms with van der Waals surface area (Å²) in [5, 5.41) is 2.96. The number of rotatable bonds is 11. The van der Waals surface area contributed by atoms with Crippen LogP contribution in [-0.4, -0.2) is 59.7 Å². The lowest BCUT2D eigenvalue weighted by atomic mass is 10.2. The number of ether oxygens (including phenoxy) is 2. The van der Waals surface area contributed by atoms with Crippen LogP contribution in [0.3, 0.4) is 0 Å². The maximum absolute atomic E-state index is 13.2. The van der Waals surface area contributed by atoms with Crippen molar-refractivity contribution in [2.45, 2.75) is 16.3 Å². The summed E-state index contributed by atoms with van der Waals surface area (Å²) >= 11 is 0. The Kier molecular flexibility index (Phi) is 8.13. The average molecular weight is 472 g/mol. The highest BCUT2D eigenvalue weighted by Gasteiger charge is 2.27. The second-order valence-electron chi connectivity index (χ2n) is 7.53. The van der Waals surface area contributed by atoms with Crippen molar-refractivity contribution in [3.05, 3.63) is 60.0 Å². The summed E-state index contributed by atoms with van der Waals surface area (Å²) in [5.74, 6) is 1.51. The van der Waals surface area contributed by atoms with Gasteiger partial charge in [0.1, 0.15) is 0 Å². The van der Waals surface area contributed by atoms with Gasteiger partial charge in [0, 0.05) is 12.6 Å². The first-order valence-electron chi connectivity index (χ1n) is 10.4. The molecule has 0 atom stereocenters. The van der Waals surface area contributed by atoms with Crippen LogP contribution in [0.15, 0.2) is 62.9 Å². The van der Waals surface area contributed by atoms with Gasteiger partial charge in [-0.05, 0) is 63.0 Å². The summed E-state index contributed by atoms with van der Waals surface area (Å²) in [6.45, 7) is 1.40. The number of hydrogen-bond donors (Lipinski definition) is 1. The molecule has 176 valence electrons. The van der Waals surface area contributed by atoms with Gasteiger partial charge in [-0.1, -0.05) is 24.3 Å². The van der Waals surface area contributed by atoms with E-state index in [1.165, 1.54) is 0 Å². The summed E-state index contributed by atoms with van der Waals surface area (Å²) in [5.41, 5.74) is 0.818. The molecule has 1 aromatic heterocycles. The van der Waals surface area contributed by atoms with E-state index in [0.717, 1.165) is 18.5 Å². The van der Waals surface area contributed by atoms with Crippen molar-refractivity contribution >= 4 is 27.9 Å². The average Bonchev–Trinajstić information content (AvgIpc) is 3.24. The number of methoxy groups -OCH3 is 2. The molecule has 0 aliphatic carbocycles. The van der Waals surface area contributed by atoms with Crippen LogP contribution >= 0.6 is 0 Å². The van der Waals surface area contributed by atoms with E-state index in [2.05, 4.69) is 15.2 Å². The van der Waals surface area contributed by atoms with Crippen molar-refractivity contribution in [3.8, 4) is 11.5 Å². The third-order valence-corrected chi connectivity index (χ3v) is 6.49. The predicted octanol–water partition coefficient (Wildman–Crippen LogP) is 4.06. The summed E-state index contributed by atoms with van der Waals surface area (Å²) in [4.78, 5) is 6.51. The van der Waals surface area contributed by atoms with E-state index < -0.39 is 9.84 Å². The molecule has 0 unspecified atom stereocenters. The van der Waals surface area contributed by atoms with Crippen molar-refractivity contribution in [1.82, 2.24) is 9.88 Å². The van der Waals surface area contributed by atoms with E-state index >= 15 is 0 Å². The van der Waals surface area contributed by atoms with Crippen molar-refractivity contribution in [2.75, 3.05) is 46.7 Å². The van der Waals surface area contributed by atoms with Crippen molar-refractivity contribution in [1.29, 1.82) is 0 Å². The van der Waals surface area contributed by atoms with Gasteiger partial charge in [-0.2, -0.15) is 4.98 Å². The maximum atomic E-state index is 13.2. The fraction of sp³-hybridized carbons (Fsp3) is 0.292. The van der Waals surface area contributed by atoms with Crippen LogP contribution in [0.25, 0.3) is 12.2 Å². The Balaban J connectivity index is 1.91. The molecule has 0 aliphatic rings. The summed E-state index contributed by atoms with van der Waals surface area (Å²) < 4.78 is 42.8. The van der Waals surface area contributed by atoms with Gasteiger partial charge in [-0.3, -0.25) is 0 Å². The zero-order valence-corrected chi connectivity index (χ0v) is 20.1. The highest BCUT2D eigenvalue weighted by molar-refractivity contribution is 7.91. The molecule has 0 aliphatic heterocycles. The van der Waals surface area contributed by atoms with Gasteiger partial charge in [0.25, 0.3) is 0 Å². The molecule has 0 fully saturated rings. The zero-order chi connectivity index (χ0) is 23.8. The number of nitrogens with zero attached hydrogens (tertiary/aromatic N) is 2. The molecule has 0 amide bonds. The molecule has 0 radical (unpaired) electrons. The van der Waals surface area contributed by atoms with Gasteiger partial charge in [0.05, 0.1) is 19.1 Å². The van der Waals surface area contributed by atoms with E-state index in [-0.39, 0.29) is 21.7 Å². The number of hydrogen-bond acceptors (Lipinski definition) is 8. The second kappa shape index (κ2) is 11.0. The van der Waals surface area contributed by atoms with Crippen LogP contribution in [0, 0.1) is 0 Å². The monoisotopic (exact) mass is 471 g/mol. The van der Waals surface area contributed by atoms with Crippen LogP contribution in [-0.2, 0) is 9.84 Å². The first-order chi connectivity index (χ1) is 15.8. The van der Waals surface area contributed by atoms with E-state index in [4.69, 9.17) is 13.9 Å². The lowest BCUT2D eigenvalue weighted by molar-refractivity contribution is 0.355. The van der Waals surface area contributed by atoms with E-state index in [0.29, 0.717) is 18.0 Å². The highest BCUT2D eigenvalue weighted by atomic mass is 32.2. The molecule has 2 aromatic carbocycles. The molecule has 8 nitrogen and oxygen atoms in total. The van der Waals surface area contributed by atoms with Crippen LogP contribution < -0.4 is 14.8 Å². The Morgan fingerprint density at radius 1 is 1.03 bits per heavy atom. The first kappa shape index (κ1) is 24.3. The molecule has 0 saturated carbocycles. The van der Waals surface area contributed by atoms with Gasteiger partial charge >= 0.3 is 0 Å². The van der Waals surface area contributed by atoms with Gasteiger partial charge in [-0.25, -0.2) is 8.42 Å². The molecule has 0 spiro atoms. The third kappa shape index (κ3) is 6.15. The largest absolute Gasteiger partial charge is 0.493 e. The lowest BCUT2D eigenvalue weighted by Crippen LogP contribution is -2.17. The zero-order valence-electron chi connectivity index (χ0n) is 19.2. The van der Waals surface area contributed by atoms with Crippen LogP contribution in [0.5, 0.6) is 11.5 Å². The molecule has 1 N–H and O–H groups in total. The molecule has 0 bridgehead atoms. The van der Waals surface area contributed by atoms with Crippen molar-refractivity contribution in [2.24, 2.45) is 0 Å². The van der Waals surface area contributed by atoms with Gasteiger partial charge in [-0.15, -0.1) is 0 Å². The Hall–Kier alpha value is -3.30. The molecule has 3 rings (SSSR count). The molecule has 9 heteroatoms. The third-order valence-electron chi connectivity index (χ3n) is 4.81. The van der Waals surface area contributed by atoms with Crippen LogP contribution in [0.4, 0.5) is 5.88 Å². The molecule has 1 heterocycles. The summed E-state index contributed by atoms with van der Waals surface area (Å²) in [7, 11) is 3.25. The SMILES string of the molecule is COc1ccc(C=Cc2nc(S(=O)(=O)c3ccccc3)c(NCCCN(C)C)o2)cc1OC. The molecular weight excluding hydrogens is 442 g/mol. The van der Waals surface area contributed by atoms with Gasteiger partial charge in [0.15, 0.2) is 11.5 Å². The van der Waals surface area contributed by atoms with Crippen LogP contribution in [0.2, 0.25) is 0 Å². The number of anilines is 1. The smallest absolute Gasteiger partial charge is 0.233 e. The predicted molar refractivity (Wildman–Crippen MR) is 129 cm³/mol. The number of aromatic nitrogens is 1. The number of benzene rings is 2. The minimum absolute atomic E-state index is 0.129. The lowest BCUT2D eigenvalue weighted by Gasteiger charge is -2.10. The van der Waals surface area contributed by atoms with Crippen molar-refractivity contribution < 1.29 is 22.3 Å². The maximum Gasteiger partial charge on any atom is 0.233 e. The number of sulfone groups is 1. The fourth-order valence-electron chi connectivity index (χ4n) is 3.12. The van der Waals surface area contributed by atoms with Gasteiger partial charge < -0.3 is 24.1 Å². The minimum Gasteiger partial charge on any atom is -0.493 e. The molecule has 33 heavy (non-hydrogen) atoms.